The lowest BCUT2D eigenvalue weighted by Gasteiger charge is -2.07. The molecule has 0 fully saturated rings. The summed E-state index contributed by atoms with van der Waals surface area (Å²) in [7, 11) is 1.61. The summed E-state index contributed by atoms with van der Waals surface area (Å²) < 4.78 is 4.94. The highest BCUT2D eigenvalue weighted by Crippen LogP contribution is 2.36. The Morgan fingerprint density at radius 3 is 2.89 bits per heavy atom. The minimum atomic E-state index is 0.0143. The number of carbonyl (C=O) groups is 1. The van der Waals surface area contributed by atoms with Crippen LogP contribution in [0.5, 0.6) is 0 Å². The number of carbonyl (C=O) groups excluding carboxylic acids is 1. The highest BCUT2D eigenvalue weighted by Gasteiger charge is 2.17. The molecule has 1 aromatic carbocycles. The Kier molecular flexibility index (Phi) is 6.72. The summed E-state index contributed by atoms with van der Waals surface area (Å²) in [5.74, 6) is 0.0143. The molecule has 0 aliphatic heterocycles. The Balaban J connectivity index is 1.85. The van der Waals surface area contributed by atoms with E-state index in [4.69, 9.17) is 27.9 Å². The second-order valence-electron chi connectivity index (χ2n) is 6.20. The number of aryl methyl sites for hydroxylation is 1. The fraction of sp³-hybridized carbons (Fsp3) is 0.300. The number of pyridine rings is 1. The van der Waals surface area contributed by atoms with Crippen LogP contribution in [0.15, 0.2) is 36.5 Å². The Bertz CT molecular complexity index is 926. The van der Waals surface area contributed by atoms with Crippen LogP contribution < -0.4 is 5.32 Å². The van der Waals surface area contributed by atoms with Gasteiger partial charge in [-0.2, -0.15) is 0 Å². The summed E-state index contributed by atoms with van der Waals surface area (Å²) in [6.45, 7) is 1.03. The van der Waals surface area contributed by atoms with Gasteiger partial charge in [0, 0.05) is 42.2 Å². The quantitative estimate of drug-likeness (QED) is 0.537. The van der Waals surface area contributed by atoms with Crippen molar-refractivity contribution in [1.29, 1.82) is 0 Å². The third-order valence-corrected chi connectivity index (χ3v) is 4.81. The van der Waals surface area contributed by atoms with Gasteiger partial charge < -0.3 is 15.0 Å². The lowest BCUT2D eigenvalue weighted by Crippen LogP contribution is -2.26. The number of hydrogen-bond donors (Lipinski definition) is 2. The molecular formula is C20H21Cl2N3O2. The van der Waals surface area contributed by atoms with E-state index in [9.17, 15) is 4.79 Å². The first-order chi connectivity index (χ1) is 13.1. The molecule has 3 rings (SSSR count). The molecule has 0 aliphatic rings. The first kappa shape index (κ1) is 19.7. The maximum atomic E-state index is 11.9. The number of amides is 1. The van der Waals surface area contributed by atoms with Gasteiger partial charge in [-0.25, -0.2) is 0 Å². The van der Waals surface area contributed by atoms with E-state index in [0.29, 0.717) is 42.5 Å². The van der Waals surface area contributed by atoms with Crippen molar-refractivity contribution in [1.82, 2.24) is 15.3 Å². The van der Waals surface area contributed by atoms with Gasteiger partial charge in [0.1, 0.15) is 0 Å². The molecular weight excluding hydrogens is 385 g/mol. The minimum Gasteiger partial charge on any atom is -0.383 e. The Morgan fingerprint density at radius 1 is 1.30 bits per heavy atom. The van der Waals surface area contributed by atoms with Crippen LogP contribution in [0.3, 0.4) is 0 Å². The number of rotatable bonds is 8. The molecule has 27 heavy (non-hydrogen) atoms. The van der Waals surface area contributed by atoms with Gasteiger partial charge in [-0.15, -0.1) is 0 Å². The second-order valence-corrected chi connectivity index (χ2v) is 7.04. The number of halogens is 2. The average Bonchev–Trinajstić information content (AvgIpc) is 3.01. The van der Waals surface area contributed by atoms with E-state index in [1.807, 2.05) is 24.3 Å². The monoisotopic (exact) mass is 405 g/mol. The van der Waals surface area contributed by atoms with Crippen molar-refractivity contribution in [2.45, 2.75) is 19.3 Å². The number of methoxy groups -OCH3 is 1. The van der Waals surface area contributed by atoms with Gasteiger partial charge in [-0.05, 0) is 42.7 Å². The molecule has 0 unspecified atom stereocenters. The fourth-order valence-electron chi connectivity index (χ4n) is 3.10. The normalized spacial score (nSPS) is 11.1. The van der Waals surface area contributed by atoms with Gasteiger partial charge in [-0.3, -0.25) is 9.78 Å². The van der Waals surface area contributed by atoms with E-state index in [2.05, 4.69) is 15.3 Å². The molecule has 2 heterocycles. The zero-order valence-corrected chi connectivity index (χ0v) is 16.5. The van der Waals surface area contributed by atoms with Crippen molar-refractivity contribution < 1.29 is 9.53 Å². The summed E-state index contributed by atoms with van der Waals surface area (Å²) in [5, 5.41) is 4.94. The summed E-state index contributed by atoms with van der Waals surface area (Å²) in [6, 6.07) is 9.36. The van der Waals surface area contributed by atoms with Crippen molar-refractivity contribution in [3.63, 3.8) is 0 Å². The first-order valence-corrected chi connectivity index (χ1v) is 9.52. The van der Waals surface area contributed by atoms with E-state index in [1.165, 1.54) is 0 Å². The molecule has 0 bridgehead atoms. The lowest BCUT2D eigenvalue weighted by atomic mass is 10.0. The molecule has 1 amide bonds. The van der Waals surface area contributed by atoms with Gasteiger partial charge in [0.25, 0.3) is 0 Å². The number of aromatic nitrogens is 2. The van der Waals surface area contributed by atoms with Crippen LogP contribution >= 0.6 is 23.2 Å². The highest BCUT2D eigenvalue weighted by atomic mass is 35.5. The van der Waals surface area contributed by atoms with E-state index in [0.717, 1.165) is 27.9 Å². The zero-order chi connectivity index (χ0) is 19.2. The van der Waals surface area contributed by atoms with Gasteiger partial charge in [-0.1, -0.05) is 29.3 Å². The second kappa shape index (κ2) is 9.22. The van der Waals surface area contributed by atoms with E-state index in [-0.39, 0.29) is 5.91 Å². The van der Waals surface area contributed by atoms with Crippen molar-refractivity contribution in [2.24, 2.45) is 0 Å². The molecule has 3 aromatic rings. The Labute approximate surface area is 168 Å². The average molecular weight is 406 g/mol. The summed E-state index contributed by atoms with van der Waals surface area (Å²) in [5.41, 5.74) is 3.66. The smallest absolute Gasteiger partial charge is 0.220 e. The number of nitrogens with zero attached hydrogens (tertiary/aromatic N) is 1. The Morgan fingerprint density at radius 2 is 2.15 bits per heavy atom. The number of hydrogen-bond acceptors (Lipinski definition) is 3. The maximum absolute atomic E-state index is 11.9. The number of nitrogens with one attached hydrogen (secondary N) is 2. The van der Waals surface area contributed by atoms with Crippen LogP contribution in [-0.2, 0) is 16.0 Å². The number of fused-ring (bicyclic) bond motifs is 1. The van der Waals surface area contributed by atoms with Gasteiger partial charge >= 0.3 is 0 Å². The summed E-state index contributed by atoms with van der Waals surface area (Å²) in [4.78, 5) is 19.8. The van der Waals surface area contributed by atoms with Crippen LogP contribution in [0.1, 0.15) is 18.4 Å². The number of ether oxygens (including phenoxy) is 1. The lowest BCUT2D eigenvalue weighted by molar-refractivity contribution is -0.121. The van der Waals surface area contributed by atoms with Crippen molar-refractivity contribution in [3.05, 3.63) is 52.1 Å². The molecule has 0 saturated heterocycles. The zero-order valence-electron chi connectivity index (χ0n) is 15.0. The third kappa shape index (κ3) is 4.80. The maximum Gasteiger partial charge on any atom is 0.220 e. The molecule has 0 atom stereocenters. The van der Waals surface area contributed by atoms with E-state index in [1.54, 1.807) is 19.4 Å². The number of benzene rings is 1. The van der Waals surface area contributed by atoms with Crippen LogP contribution in [0.4, 0.5) is 0 Å². The molecule has 142 valence electrons. The number of H-pyrrole nitrogens is 1. The van der Waals surface area contributed by atoms with Crippen LogP contribution in [-0.4, -0.2) is 36.1 Å². The molecule has 2 aromatic heterocycles. The molecule has 0 radical (unpaired) electrons. The highest BCUT2D eigenvalue weighted by molar-refractivity contribution is 6.39. The van der Waals surface area contributed by atoms with Crippen molar-refractivity contribution in [3.8, 4) is 11.4 Å². The van der Waals surface area contributed by atoms with Gasteiger partial charge in [0.2, 0.25) is 5.91 Å². The molecule has 0 spiro atoms. The summed E-state index contributed by atoms with van der Waals surface area (Å²) in [6.07, 6.45) is 3.58. The molecule has 5 nitrogen and oxygen atoms in total. The van der Waals surface area contributed by atoms with E-state index >= 15 is 0 Å². The predicted molar refractivity (Wildman–Crippen MR) is 109 cm³/mol. The van der Waals surface area contributed by atoms with Gasteiger partial charge in [0.05, 0.1) is 23.0 Å². The molecule has 0 aliphatic carbocycles. The Hall–Kier alpha value is -2.08. The largest absolute Gasteiger partial charge is 0.383 e. The van der Waals surface area contributed by atoms with Crippen molar-refractivity contribution >= 4 is 40.0 Å². The predicted octanol–water partition coefficient (Wildman–Crippen LogP) is 4.62. The first-order valence-electron chi connectivity index (χ1n) is 8.76. The SMILES string of the molecule is COCCNC(=O)CCCc1c(-c2ccccn2)[nH]c2cc(Cl)cc(Cl)c12. The minimum absolute atomic E-state index is 0.0143. The van der Waals surface area contributed by atoms with Gasteiger partial charge in [0.15, 0.2) is 0 Å². The fourth-order valence-corrected chi connectivity index (χ4v) is 3.71. The molecule has 2 N–H and O–H groups in total. The topological polar surface area (TPSA) is 67.0 Å². The third-order valence-electron chi connectivity index (χ3n) is 4.30. The standard InChI is InChI=1S/C20H21Cl2N3O2/c1-27-10-9-24-18(26)7-4-5-14-19-15(22)11-13(21)12-17(19)25-20(14)16-6-2-3-8-23-16/h2-3,6,8,11-12,25H,4-5,7,9-10H2,1H3,(H,24,26). The molecule has 7 heteroatoms. The van der Waals surface area contributed by atoms with E-state index < -0.39 is 0 Å². The van der Waals surface area contributed by atoms with Crippen LogP contribution in [0.25, 0.3) is 22.3 Å². The molecule has 0 saturated carbocycles. The number of aromatic amines is 1. The van der Waals surface area contributed by atoms with Crippen LogP contribution in [0, 0.1) is 0 Å². The summed E-state index contributed by atoms with van der Waals surface area (Å²) >= 11 is 12.6. The van der Waals surface area contributed by atoms with Crippen molar-refractivity contribution in [2.75, 3.05) is 20.3 Å². The van der Waals surface area contributed by atoms with Crippen LogP contribution in [0.2, 0.25) is 10.0 Å².